The summed E-state index contributed by atoms with van der Waals surface area (Å²) in [6.07, 6.45) is 1.91. The molecule has 0 fully saturated rings. The van der Waals surface area contributed by atoms with E-state index < -0.39 is 0 Å². The van der Waals surface area contributed by atoms with Crippen molar-refractivity contribution < 1.29 is 0 Å². The summed E-state index contributed by atoms with van der Waals surface area (Å²) in [5.41, 5.74) is 8.62. The van der Waals surface area contributed by atoms with Gasteiger partial charge in [0.1, 0.15) is 5.65 Å². The lowest BCUT2D eigenvalue weighted by molar-refractivity contribution is 1.08. The van der Waals surface area contributed by atoms with E-state index in [1.54, 1.807) is 0 Å². The van der Waals surface area contributed by atoms with E-state index in [4.69, 9.17) is 5.73 Å². The van der Waals surface area contributed by atoms with E-state index in [2.05, 4.69) is 16.0 Å². The molecule has 0 radical (unpaired) electrons. The van der Waals surface area contributed by atoms with Crippen molar-refractivity contribution in [1.82, 2.24) is 9.97 Å². The third kappa shape index (κ3) is 0.987. The quantitative estimate of drug-likeness (QED) is 0.663. The standard InChI is InChI=1S/C9H11N3/c1-6-2-3-8-7(4-10)5-11-9(8)12-6/h2-3,5H,4,10H2,1H3,(H,11,12). The molecular formula is C9H11N3. The molecule has 2 aromatic heterocycles. The molecule has 0 saturated carbocycles. The normalized spacial score (nSPS) is 10.8. The maximum atomic E-state index is 5.55. The summed E-state index contributed by atoms with van der Waals surface area (Å²) in [7, 11) is 0. The third-order valence-electron chi connectivity index (χ3n) is 1.98. The first kappa shape index (κ1) is 7.31. The molecule has 0 amide bonds. The molecule has 2 rings (SSSR count). The zero-order valence-electron chi connectivity index (χ0n) is 6.96. The Morgan fingerprint density at radius 2 is 2.33 bits per heavy atom. The molecule has 0 aromatic carbocycles. The predicted molar refractivity (Wildman–Crippen MR) is 48.7 cm³/mol. The van der Waals surface area contributed by atoms with Gasteiger partial charge in [0.25, 0.3) is 0 Å². The van der Waals surface area contributed by atoms with Crippen molar-refractivity contribution in [1.29, 1.82) is 0 Å². The van der Waals surface area contributed by atoms with Gasteiger partial charge in [-0.25, -0.2) is 4.98 Å². The van der Waals surface area contributed by atoms with E-state index in [0.29, 0.717) is 6.54 Å². The maximum absolute atomic E-state index is 5.55. The number of hydrogen-bond acceptors (Lipinski definition) is 2. The highest BCUT2D eigenvalue weighted by molar-refractivity contribution is 5.79. The summed E-state index contributed by atoms with van der Waals surface area (Å²) in [6.45, 7) is 2.53. The van der Waals surface area contributed by atoms with E-state index in [-0.39, 0.29) is 0 Å². The van der Waals surface area contributed by atoms with Gasteiger partial charge >= 0.3 is 0 Å². The van der Waals surface area contributed by atoms with Crippen molar-refractivity contribution in [3.63, 3.8) is 0 Å². The van der Waals surface area contributed by atoms with Gasteiger partial charge in [-0.15, -0.1) is 0 Å². The minimum atomic E-state index is 0.560. The number of aromatic nitrogens is 2. The highest BCUT2D eigenvalue weighted by atomic mass is 14.9. The van der Waals surface area contributed by atoms with Crippen LogP contribution >= 0.6 is 0 Å². The highest BCUT2D eigenvalue weighted by Crippen LogP contribution is 2.15. The van der Waals surface area contributed by atoms with Crippen molar-refractivity contribution in [2.45, 2.75) is 13.5 Å². The van der Waals surface area contributed by atoms with Crippen LogP contribution in [-0.2, 0) is 6.54 Å². The van der Waals surface area contributed by atoms with Crippen LogP contribution in [0, 0.1) is 6.92 Å². The van der Waals surface area contributed by atoms with Crippen LogP contribution in [0.2, 0.25) is 0 Å². The topological polar surface area (TPSA) is 54.7 Å². The molecule has 0 saturated heterocycles. The molecule has 0 bridgehead atoms. The molecule has 0 unspecified atom stereocenters. The molecule has 3 nitrogen and oxygen atoms in total. The van der Waals surface area contributed by atoms with Gasteiger partial charge in [-0.05, 0) is 24.6 Å². The summed E-state index contributed by atoms with van der Waals surface area (Å²) in [6, 6.07) is 4.05. The summed E-state index contributed by atoms with van der Waals surface area (Å²) >= 11 is 0. The molecule has 0 aliphatic carbocycles. The Balaban J connectivity index is 2.73. The SMILES string of the molecule is Cc1ccc2c(CN)c[nH]c2n1. The van der Waals surface area contributed by atoms with Gasteiger partial charge in [-0.2, -0.15) is 0 Å². The van der Waals surface area contributed by atoms with Crippen molar-refractivity contribution in [3.8, 4) is 0 Å². The minimum absolute atomic E-state index is 0.560. The van der Waals surface area contributed by atoms with Gasteiger partial charge < -0.3 is 10.7 Å². The first-order chi connectivity index (χ1) is 5.81. The van der Waals surface area contributed by atoms with Crippen molar-refractivity contribution in [3.05, 3.63) is 29.6 Å². The fourth-order valence-electron chi connectivity index (χ4n) is 1.33. The molecule has 0 spiro atoms. The molecule has 0 atom stereocenters. The Bertz CT molecular complexity index is 403. The Morgan fingerprint density at radius 3 is 3.08 bits per heavy atom. The maximum Gasteiger partial charge on any atom is 0.137 e. The van der Waals surface area contributed by atoms with E-state index in [9.17, 15) is 0 Å². The van der Waals surface area contributed by atoms with Gasteiger partial charge in [-0.3, -0.25) is 0 Å². The van der Waals surface area contributed by atoms with Gasteiger partial charge in [0.05, 0.1) is 0 Å². The van der Waals surface area contributed by atoms with Gasteiger partial charge in [0, 0.05) is 23.8 Å². The molecule has 62 valence electrons. The van der Waals surface area contributed by atoms with Crippen LogP contribution in [0.25, 0.3) is 11.0 Å². The average Bonchev–Trinajstić information content (AvgIpc) is 2.46. The van der Waals surface area contributed by atoms with E-state index in [1.165, 1.54) is 0 Å². The smallest absolute Gasteiger partial charge is 0.137 e. The lowest BCUT2D eigenvalue weighted by Crippen LogP contribution is -1.94. The first-order valence-electron chi connectivity index (χ1n) is 3.95. The first-order valence-corrected chi connectivity index (χ1v) is 3.95. The Hall–Kier alpha value is -1.35. The summed E-state index contributed by atoms with van der Waals surface area (Å²) in [5, 5.41) is 1.13. The van der Waals surface area contributed by atoms with Gasteiger partial charge in [0.2, 0.25) is 0 Å². The lowest BCUT2D eigenvalue weighted by Gasteiger charge is -1.93. The van der Waals surface area contributed by atoms with Crippen LogP contribution in [0.5, 0.6) is 0 Å². The second kappa shape index (κ2) is 2.60. The molecule has 2 aromatic rings. The third-order valence-corrected chi connectivity index (χ3v) is 1.98. The minimum Gasteiger partial charge on any atom is -0.346 e. The number of nitrogens with two attached hydrogens (primary N) is 1. The van der Waals surface area contributed by atoms with Crippen molar-refractivity contribution in [2.24, 2.45) is 5.73 Å². The molecule has 0 aliphatic rings. The number of hydrogen-bond donors (Lipinski definition) is 2. The van der Waals surface area contributed by atoms with Crippen LogP contribution in [0.1, 0.15) is 11.3 Å². The molecule has 3 heteroatoms. The number of fused-ring (bicyclic) bond motifs is 1. The summed E-state index contributed by atoms with van der Waals surface area (Å²) in [4.78, 5) is 7.42. The fourth-order valence-corrected chi connectivity index (χ4v) is 1.33. The average molecular weight is 161 g/mol. The Kier molecular flexibility index (Phi) is 1.59. The molecule has 2 heterocycles. The van der Waals surface area contributed by atoms with E-state index in [1.807, 2.05) is 19.2 Å². The monoisotopic (exact) mass is 161 g/mol. The summed E-state index contributed by atoms with van der Waals surface area (Å²) in [5.74, 6) is 0. The van der Waals surface area contributed by atoms with E-state index in [0.717, 1.165) is 22.3 Å². The molecule has 3 N–H and O–H groups in total. The number of nitrogens with zero attached hydrogens (tertiary/aromatic N) is 1. The summed E-state index contributed by atoms with van der Waals surface area (Å²) < 4.78 is 0. The number of rotatable bonds is 1. The van der Waals surface area contributed by atoms with Crippen LogP contribution in [0.15, 0.2) is 18.3 Å². The second-order valence-corrected chi connectivity index (χ2v) is 2.87. The number of nitrogens with one attached hydrogen (secondary N) is 1. The largest absolute Gasteiger partial charge is 0.346 e. The number of pyridine rings is 1. The van der Waals surface area contributed by atoms with Crippen molar-refractivity contribution >= 4 is 11.0 Å². The number of aromatic amines is 1. The zero-order valence-corrected chi connectivity index (χ0v) is 6.96. The van der Waals surface area contributed by atoms with Gasteiger partial charge in [0.15, 0.2) is 0 Å². The number of H-pyrrole nitrogens is 1. The number of aryl methyl sites for hydroxylation is 1. The lowest BCUT2D eigenvalue weighted by atomic mass is 10.2. The fraction of sp³-hybridized carbons (Fsp3) is 0.222. The zero-order chi connectivity index (χ0) is 8.55. The predicted octanol–water partition coefficient (Wildman–Crippen LogP) is 1.33. The second-order valence-electron chi connectivity index (χ2n) is 2.87. The molecular weight excluding hydrogens is 150 g/mol. The van der Waals surface area contributed by atoms with Crippen molar-refractivity contribution in [2.75, 3.05) is 0 Å². The van der Waals surface area contributed by atoms with E-state index >= 15 is 0 Å². The van der Waals surface area contributed by atoms with Gasteiger partial charge in [-0.1, -0.05) is 0 Å². The van der Waals surface area contributed by atoms with Crippen LogP contribution < -0.4 is 5.73 Å². The Labute approximate surface area is 70.6 Å². The Morgan fingerprint density at radius 1 is 1.50 bits per heavy atom. The van der Waals surface area contributed by atoms with Crippen LogP contribution in [0.4, 0.5) is 0 Å². The highest BCUT2D eigenvalue weighted by Gasteiger charge is 2.01. The van der Waals surface area contributed by atoms with Crippen LogP contribution in [0.3, 0.4) is 0 Å². The van der Waals surface area contributed by atoms with Crippen LogP contribution in [-0.4, -0.2) is 9.97 Å². The molecule has 12 heavy (non-hydrogen) atoms. The molecule has 0 aliphatic heterocycles.